The van der Waals surface area contributed by atoms with Crippen molar-refractivity contribution in [1.82, 2.24) is 5.23 Å². The van der Waals surface area contributed by atoms with Gasteiger partial charge in [-0.2, -0.15) is 0 Å². The maximum absolute atomic E-state index is 4.98. The topological polar surface area (TPSA) is 30.9 Å². The predicted octanol–water partition coefficient (Wildman–Crippen LogP) is 1.14. The Balaban J connectivity index is 3.21. The van der Waals surface area contributed by atoms with Gasteiger partial charge < -0.3 is 0 Å². The van der Waals surface area contributed by atoms with Crippen LogP contribution in [0.3, 0.4) is 0 Å². The summed E-state index contributed by atoms with van der Waals surface area (Å²) in [6, 6.07) is 0. The van der Waals surface area contributed by atoms with Crippen molar-refractivity contribution in [2.75, 3.05) is 19.8 Å². The van der Waals surface area contributed by atoms with E-state index in [0.717, 1.165) is 0 Å². The van der Waals surface area contributed by atoms with Crippen LogP contribution in [0.2, 0.25) is 0 Å². The number of hydrogen-bond acceptors (Lipinski definition) is 4. The predicted molar refractivity (Wildman–Crippen MR) is 36.7 cm³/mol. The summed E-state index contributed by atoms with van der Waals surface area (Å²) in [5.41, 5.74) is 0. The highest BCUT2D eigenvalue weighted by atomic mass is 17.3. The van der Waals surface area contributed by atoms with E-state index in [1.807, 2.05) is 20.8 Å². The first-order valence-electron chi connectivity index (χ1n) is 3.55. The van der Waals surface area contributed by atoms with Gasteiger partial charge in [0, 0.05) is 0 Å². The van der Waals surface area contributed by atoms with Gasteiger partial charge in [0.15, 0.2) is 0 Å². The van der Waals surface area contributed by atoms with Gasteiger partial charge in [-0.1, -0.05) is 0 Å². The third-order valence-electron chi connectivity index (χ3n) is 0.785. The molecule has 0 aliphatic carbocycles. The zero-order chi connectivity index (χ0) is 7.82. The fourth-order valence-corrected chi connectivity index (χ4v) is 0.421. The lowest BCUT2D eigenvalue weighted by molar-refractivity contribution is -0.519. The molecule has 0 rings (SSSR count). The SMILES string of the molecule is CCOON(CC)OCC. The number of rotatable bonds is 6. The van der Waals surface area contributed by atoms with Crippen LogP contribution >= 0.6 is 0 Å². The molecule has 0 fully saturated rings. The van der Waals surface area contributed by atoms with Crippen molar-refractivity contribution in [3.8, 4) is 0 Å². The third-order valence-corrected chi connectivity index (χ3v) is 0.785. The smallest absolute Gasteiger partial charge is 0.0815 e. The zero-order valence-corrected chi connectivity index (χ0v) is 6.79. The highest BCUT2D eigenvalue weighted by molar-refractivity contribution is 4.14. The van der Waals surface area contributed by atoms with E-state index in [0.29, 0.717) is 19.8 Å². The lowest BCUT2D eigenvalue weighted by Gasteiger charge is -2.15. The minimum atomic E-state index is 0.517. The first-order chi connectivity index (χ1) is 4.85. The van der Waals surface area contributed by atoms with Crippen molar-refractivity contribution in [2.24, 2.45) is 0 Å². The molecule has 0 aromatic carbocycles. The molecular formula is C6H15NO3. The molecule has 0 unspecified atom stereocenters. The van der Waals surface area contributed by atoms with Crippen LogP contribution in [0.4, 0.5) is 0 Å². The Hall–Kier alpha value is -0.160. The summed E-state index contributed by atoms with van der Waals surface area (Å²) in [6.07, 6.45) is 0. The Morgan fingerprint density at radius 3 is 2.20 bits per heavy atom. The molecule has 10 heavy (non-hydrogen) atoms. The molecule has 0 aromatic rings. The molecule has 0 spiro atoms. The first kappa shape index (κ1) is 9.84. The maximum atomic E-state index is 4.98. The second-order valence-corrected chi connectivity index (χ2v) is 1.55. The van der Waals surface area contributed by atoms with Gasteiger partial charge in [0.1, 0.15) is 0 Å². The van der Waals surface area contributed by atoms with Gasteiger partial charge in [0.05, 0.1) is 19.8 Å². The first-order valence-corrected chi connectivity index (χ1v) is 3.55. The molecular weight excluding hydrogens is 134 g/mol. The lowest BCUT2D eigenvalue weighted by Crippen LogP contribution is -2.24. The van der Waals surface area contributed by atoms with E-state index in [1.54, 1.807) is 0 Å². The van der Waals surface area contributed by atoms with E-state index in [-0.39, 0.29) is 0 Å². The number of hydrogen-bond donors (Lipinski definition) is 0. The third kappa shape index (κ3) is 4.69. The average Bonchev–Trinajstić information content (AvgIpc) is 1.98. The highest BCUT2D eigenvalue weighted by Gasteiger charge is 2.00. The van der Waals surface area contributed by atoms with E-state index in [9.17, 15) is 0 Å². The van der Waals surface area contributed by atoms with Gasteiger partial charge in [0.2, 0.25) is 0 Å². The van der Waals surface area contributed by atoms with Crippen LogP contribution in [0.1, 0.15) is 20.8 Å². The highest BCUT2D eigenvalue weighted by Crippen LogP contribution is 1.91. The van der Waals surface area contributed by atoms with Gasteiger partial charge in [-0.3, -0.25) is 4.84 Å². The Bertz CT molecular complexity index is 70.0. The molecule has 0 saturated carbocycles. The van der Waals surface area contributed by atoms with E-state index < -0.39 is 0 Å². The van der Waals surface area contributed by atoms with Crippen molar-refractivity contribution in [2.45, 2.75) is 20.8 Å². The maximum Gasteiger partial charge on any atom is 0.0815 e. The molecule has 0 aliphatic heterocycles. The minimum absolute atomic E-state index is 0.517. The van der Waals surface area contributed by atoms with Crippen LogP contribution < -0.4 is 0 Å². The van der Waals surface area contributed by atoms with Gasteiger partial charge >= 0.3 is 0 Å². The summed E-state index contributed by atoms with van der Waals surface area (Å²) in [7, 11) is 0. The molecule has 0 saturated heterocycles. The van der Waals surface area contributed by atoms with Gasteiger partial charge in [-0.25, -0.2) is 4.89 Å². The van der Waals surface area contributed by atoms with Crippen molar-refractivity contribution < 1.29 is 14.7 Å². The molecule has 0 atom stereocenters. The fraction of sp³-hybridized carbons (Fsp3) is 1.00. The van der Waals surface area contributed by atoms with E-state index >= 15 is 0 Å². The average molecular weight is 149 g/mol. The summed E-state index contributed by atoms with van der Waals surface area (Å²) < 4.78 is 0. The molecule has 0 heterocycles. The van der Waals surface area contributed by atoms with E-state index in [2.05, 4.69) is 4.89 Å². The van der Waals surface area contributed by atoms with Gasteiger partial charge in [-0.15, -0.1) is 4.99 Å². The molecule has 0 aliphatic rings. The van der Waals surface area contributed by atoms with Crippen molar-refractivity contribution in [3.05, 3.63) is 0 Å². The molecule has 0 bridgehead atoms. The van der Waals surface area contributed by atoms with Crippen LogP contribution in [-0.2, 0) is 14.7 Å². The second-order valence-electron chi connectivity index (χ2n) is 1.55. The van der Waals surface area contributed by atoms with E-state index in [1.165, 1.54) is 5.23 Å². The molecule has 0 radical (unpaired) electrons. The number of hydroxylamine groups is 2. The Labute approximate surface area is 61.5 Å². The summed E-state index contributed by atoms with van der Waals surface area (Å²) >= 11 is 0. The van der Waals surface area contributed by atoms with Crippen LogP contribution in [0.5, 0.6) is 0 Å². The van der Waals surface area contributed by atoms with Crippen LogP contribution in [0.25, 0.3) is 0 Å². The zero-order valence-electron chi connectivity index (χ0n) is 6.79. The van der Waals surface area contributed by atoms with Gasteiger partial charge in [-0.05, 0) is 26.0 Å². The second kappa shape index (κ2) is 6.95. The minimum Gasteiger partial charge on any atom is -0.272 e. The monoisotopic (exact) mass is 149 g/mol. The Kier molecular flexibility index (Phi) is 6.84. The van der Waals surface area contributed by atoms with Crippen molar-refractivity contribution in [1.29, 1.82) is 0 Å². The van der Waals surface area contributed by atoms with E-state index in [4.69, 9.17) is 9.83 Å². The molecule has 0 amide bonds. The van der Waals surface area contributed by atoms with Crippen LogP contribution in [0, 0.1) is 0 Å². The Morgan fingerprint density at radius 2 is 1.80 bits per heavy atom. The standard InChI is InChI=1S/C6H15NO3/c1-4-7(8-5-2)10-9-6-3/h4-6H2,1-3H3. The van der Waals surface area contributed by atoms with Gasteiger partial charge in [0.25, 0.3) is 0 Å². The summed E-state index contributed by atoms with van der Waals surface area (Å²) in [6.45, 7) is 7.39. The normalized spacial score (nSPS) is 10.8. The summed E-state index contributed by atoms with van der Waals surface area (Å²) in [5.74, 6) is 0. The largest absolute Gasteiger partial charge is 0.272 e. The quantitative estimate of drug-likeness (QED) is 0.418. The lowest BCUT2D eigenvalue weighted by atomic mass is 10.8. The molecule has 4 heteroatoms. The summed E-state index contributed by atoms with van der Waals surface area (Å²) in [5, 5.41) is 1.30. The molecule has 62 valence electrons. The molecule has 4 nitrogen and oxygen atoms in total. The molecule has 0 N–H and O–H groups in total. The van der Waals surface area contributed by atoms with Crippen LogP contribution in [-0.4, -0.2) is 25.0 Å². The summed E-state index contributed by atoms with van der Waals surface area (Å²) in [4.78, 5) is 14.3. The van der Waals surface area contributed by atoms with Crippen molar-refractivity contribution >= 4 is 0 Å². The van der Waals surface area contributed by atoms with Crippen molar-refractivity contribution in [3.63, 3.8) is 0 Å². The number of nitrogens with zero attached hydrogens (tertiary/aromatic N) is 1. The fourth-order valence-electron chi connectivity index (χ4n) is 0.421. The molecule has 0 aromatic heterocycles. The van der Waals surface area contributed by atoms with Crippen LogP contribution in [0.15, 0.2) is 0 Å². The Morgan fingerprint density at radius 1 is 1.10 bits per heavy atom.